The number of pyridine rings is 1. The maximum atomic E-state index is 5.96. The molecule has 20 heavy (non-hydrogen) atoms. The summed E-state index contributed by atoms with van der Waals surface area (Å²) in [6, 6.07) is 6.52. The molecular weight excluding hydrogens is 254 g/mol. The van der Waals surface area contributed by atoms with Gasteiger partial charge >= 0.3 is 0 Å². The molecule has 2 fully saturated rings. The van der Waals surface area contributed by atoms with Crippen LogP contribution >= 0.6 is 0 Å². The molecule has 0 aliphatic carbocycles. The molecule has 110 valence electrons. The van der Waals surface area contributed by atoms with Crippen LogP contribution in [0, 0.1) is 0 Å². The van der Waals surface area contributed by atoms with Crippen molar-refractivity contribution in [3.63, 3.8) is 0 Å². The van der Waals surface area contributed by atoms with E-state index in [1.54, 1.807) is 0 Å². The minimum absolute atomic E-state index is 0.124. The maximum Gasteiger partial charge on any atom is 0.131 e. The zero-order chi connectivity index (χ0) is 14.0. The Morgan fingerprint density at radius 3 is 3.00 bits per heavy atom. The van der Waals surface area contributed by atoms with Gasteiger partial charge in [0, 0.05) is 25.6 Å². The summed E-state index contributed by atoms with van der Waals surface area (Å²) in [6.07, 6.45) is 0.980. The largest absolute Gasteiger partial charge is 0.378 e. The van der Waals surface area contributed by atoms with E-state index in [1.807, 2.05) is 6.07 Å². The van der Waals surface area contributed by atoms with E-state index >= 15 is 0 Å². The predicted molar refractivity (Wildman–Crippen MR) is 79.3 cm³/mol. The van der Waals surface area contributed by atoms with Crippen LogP contribution in [0.15, 0.2) is 18.2 Å². The molecule has 1 aromatic rings. The number of morpholine rings is 1. The fraction of sp³-hybridized carbons (Fsp3) is 0.667. The normalized spacial score (nSPS) is 26.4. The van der Waals surface area contributed by atoms with Gasteiger partial charge in [-0.2, -0.15) is 0 Å². The van der Waals surface area contributed by atoms with E-state index in [2.05, 4.69) is 36.2 Å². The smallest absolute Gasteiger partial charge is 0.131 e. The van der Waals surface area contributed by atoms with Crippen LogP contribution in [-0.2, 0) is 9.47 Å². The number of ether oxygens (including phenoxy) is 2. The van der Waals surface area contributed by atoms with Gasteiger partial charge in [-0.15, -0.1) is 0 Å². The second kappa shape index (κ2) is 5.58. The third kappa shape index (κ3) is 2.88. The van der Waals surface area contributed by atoms with Gasteiger partial charge in [-0.25, -0.2) is 4.98 Å². The topological polar surface area (TPSA) is 46.6 Å². The third-order valence-corrected chi connectivity index (χ3v) is 3.81. The van der Waals surface area contributed by atoms with Crippen molar-refractivity contribution >= 4 is 11.6 Å². The molecule has 5 nitrogen and oxygen atoms in total. The molecule has 2 aliphatic heterocycles. The van der Waals surface area contributed by atoms with E-state index in [0.29, 0.717) is 12.6 Å². The van der Waals surface area contributed by atoms with Crippen LogP contribution in [0.3, 0.4) is 0 Å². The van der Waals surface area contributed by atoms with Crippen LogP contribution in [-0.4, -0.2) is 49.5 Å². The van der Waals surface area contributed by atoms with E-state index < -0.39 is 0 Å². The summed E-state index contributed by atoms with van der Waals surface area (Å²) >= 11 is 0. The Morgan fingerprint density at radius 2 is 2.25 bits per heavy atom. The minimum atomic E-state index is -0.124. The van der Waals surface area contributed by atoms with Crippen LogP contribution in [0.5, 0.6) is 0 Å². The Hall–Kier alpha value is -1.33. The summed E-state index contributed by atoms with van der Waals surface area (Å²) in [4.78, 5) is 7.02. The van der Waals surface area contributed by atoms with Crippen molar-refractivity contribution in [2.24, 2.45) is 0 Å². The molecule has 0 saturated carbocycles. The second-order valence-corrected chi connectivity index (χ2v) is 5.94. The van der Waals surface area contributed by atoms with Gasteiger partial charge in [0.15, 0.2) is 0 Å². The highest BCUT2D eigenvalue weighted by molar-refractivity contribution is 5.48. The number of nitrogens with zero attached hydrogens (tertiary/aromatic N) is 2. The maximum absolute atomic E-state index is 5.96. The predicted octanol–water partition coefficient (Wildman–Crippen LogP) is 1.90. The van der Waals surface area contributed by atoms with Crippen LogP contribution in [0.1, 0.15) is 20.3 Å². The Bertz CT molecular complexity index is 458. The highest BCUT2D eigenvalue weighted by atomic mass is 16.6. The molecule has 0 radical (unpaired) electrons. The van der Waals surface area contributed by atoms with Crippen LogP contribution < -0.4 is 10.2 Å². The number of nitrogens with one attached hydrogen (secondary N) is 1. The fourth-order valence-electron chi connectivity index (χ4n) is 2.84. The molecule has 0 amide bonds. The quantitative estimate of drug-likeness (QED) is 0.914. The molecule has 1 unspecified atom stereocenters. The van der Waals surface area contributed by atoms with Crippen molar-refractivity contribution in [2.45, 2.75) is 31.9 Å². The molecule has 3 heterocycles. The molecule has 1 atom stereocenters. The number of hydrogen-bond donors (Lipinski definition) is 1. The first-order valence-electron chi connectivity index (χ1n) is 7.37. The molecular formula is C15H23N3O2. The van der Waals surface area contributed by atoms with Gasteiger partial charge in [0.05, 0.1) is 19.8 Å². The first-order valence-corrected chi connectivity index (χ1v) is 7.37. The number of aromatic nitrogens is 1. The summed E-state index contributed by atoms with van der Waals surface area (Å²) in [5.74, 6) is 1.95. The zero-order valence-corrected chi connectivity index (χ0v) is 12.3. The molecule has 1 N–H and O–H groups in total. The molecule has 2 saturated heterocycles. The third-order valence-electron chi connectivity index (χ3n) is 3.81. The molecule has 1 aromatic heterocycles. The number of anilines is 2. The van der Waals surface area contributed by atoms with Gasteiger partial charge in [0.1, 0.15) is 17.2 Å². The van der Waals surface area contributed by atoms with Crippen LogP contribution in [0.4, 0.5) is 11.6 Å². The van der Waals surface area contributed by atoms with E-state index in [9.17, 15) is 0 Å². The Kier molecular flexibility index (Phi) is 3.81. The highest BCUT2D eigenvalue weighted by Gasteiger charge is 2.40. The number of rotatable bonds is 3. The Morgan fingerprint density at radius 1 is 1.35 bits per heavy atom. The fourth-order valence-corrected chi connectivity index (χ4v) is 2.84. The lowest BCUT2D eigenvalue weighted by Gasteiger charge is -2.40. The lowest BCUT2D eigenvalue weighted by atomic mass is 10.0. The van der Waals surface area contributed by atoms with Gasteiger partial charge in [0.2, 0.25) is 0 Å². The minimum Gasteiger partial charge on any atom is -0.378 e. The molecule has 0 bridgehead atoms. The first kappa shape index (κ1) is 13.6. The summed E-state index contributed by atoms with van der Waals surface area (Å²) in [6.45, 7) is 8.24. The van der Waals surface area contributed by atoms with E-state index in [-0.39, 0.29) is 5.60 Å². The average molecular weight is 277 g/mol. The molecule has 0 aromatic carbocycles. The monoisotopic (exact) mass is 277 g/mol. The SMILES string of the molecule is CC(C)Nc1cccc(N2CCOC3(CCOC3)C2)n1. The highest BCUT2D eigenvalue weighted by Crippen LogP contribution is 2.29. The van der Waals surface area contributed by atoms with Crippen molar-refractivity contribution in [1.29, 1.82) is 0 Å². The van der Waals surface area contributed by atoms with Crippen molar-refractivity contribution in [3.8, 4) is 0 Å². The van der Waals surface area contributed by atoms with Crippen LogP contribution in [0.25, 0.3) is 0 Å². The van der Waals surface area contributed by atoms with E-state index in [1.165, 1.54) is 0 Å². The molecule has 3 rings (SSSR count). The summed E-state index contributed by atoms with van der Waals surface area (Å²) < 4.78 is 11.5. The Balaban J connectivity index is 1.74. The lowest BCUT2D eigenvalue weighted by molar-refractivity contribution is -0.0581. The van der Waals surface area contributed by atoms with Gasteiger partial charge in [-0.3, -0.25) is 0 Å². The molecule has 5 heteroatoms. The summed E-state index contributed by atoms with van der Waals surface area (Å²) in [5, 5.41) is 3.35. The zero-order valence-electron chi connectivity index (χ0n) is 12.3. The van der Waals surface area contributed by atoms with E-state index in [0.717, 1.165) is 44.4 Å². The van der Waals surface area contributed by atoms with Crippen molar-refractivity contribution < 1.29 is 9.47 Å². The molecule has 2 aliphatic rings. The molecule has 1 spiro atoms. The van der Waals surface area contributed by atoms with Gasteiger partial charge < -0.3 is 19.7 Å². The standard InChI is InChI=1S/C15H23N3O2/c1-12(2)16-13-4-3-5-14(17-13)18-7-9-20-15(10-18)6-8-19-11-15/h3-5,12H,6-11H2,1-2H3,(H,16,17). The summed E-state index contributed by atoms with van der Waals surface area (Å²) in [7, 11) is 0. The van der Waals surface area contributed by atoms with Crippen molar-refractivity contribution in [2.75, 3.05) is 43.1 Å². The van der Waals surface area contributed by atoms with Gasteiger partial charge in [-0.05, 0) is 26.0 Å². The Labute approximate surface area is 120 Å². The van der Waals surface area contributed by atoms with Crippen molar-refractivity contribution in [3.05, 3.63) is 18.2 Å². The van der Waals surface area contributed by atoms with Gasteiger partial charge in [0.25, 0.3) is 0 Å². The number of hydrogen-bond acceptors (Lipinski definition) is 5. The lowest BCUT2D eigenvalue weighted by Crippen LogP contribution is -2.52. The first-order chi connectivity index (χ1) is 9.67. The summed E-state index contributed by atoms with van der Waals surface area (Å²) in [5.41, 5.74) is -0.124. The van der Waals surface area contributed by atoms with Crippen LogP contribution in [0.2, 0.25) is 0 Å². The van der Waals surface area contributed by atoms with Crippen molar-refractivity contribution in [1.82, 2.24) is 4.98 Å². The van der Waals surface area contributed by atoms with E-state index in [4.69, 9.17) is 14.5 Å². The second-order valence-electron chi connectivity index (χ2n) is 5.94. The average Bonchev–Trinajstić information content (AvgIpc) is 2.86. The van der Waals surface area contributed by atoms with Gasteiger partial charge in [-0.1, -0.05) is 6.07 Å².